The first-order valence-corrected chi connectivity index (χ1v) is 11.4. The highest BCUT2D eigenvalue weighted by atomic mass is 35.5. The van der Waals surface area contributed by atoms with E-state index in [0.717, 1.165) is 52.5 Å². The monoisotopic (exact) mass is 425 g/mol. The molecule has 1 aromatic heterocycles. The lowest BCUT2D eigenvalue weighted by Gasteiger charge is -2.23. The molecule has 0 radical (unpaired) electrons. The van der Waals surface area contributed by atoms with E-state index in [1.54, 1.807) is 0 Å². The quantitative estimate of drug-likeness (QED) is 0.528. The van der Waals surface area contributed by atoms with E-state index in [-0.39, 0.29) is 11.3 Å². The van der Waals surface area contributed by atoms with Gasteiger partial charge in [0.05, 0.1) is 17.3 Å². The fraction of sp³-hybridized carbons (Fsp3) is 0.304. The molecule has 1 amide bonds. The van der Waals surface area contributed by atoms with Crippen LogP contribution in [0, 0.1) is 0 Å². The van der Waals surface area contributed by atoms with Gasteiger partial charge in [0.2, 0.25) is 5.91 Å². The second-order valence-corrected chi connectivity index (χ2v) is 8.94. The van der Waals surface area contributed by atoms with Gasteiger partial charge in [-0.2, -0.15) is 5.10 Å². The van der Waals surface area contributed by atoms with Crippen molar-refractivity contribution in [3.05, 3.63) is 71.5 Å². The van der Waals surface area contributed by atoms with Crippen LogP contribution in [0.5, 0.6) is 0 Å². The summed E-state index contributed by atoms with van der Waals surface area (Å²) in [6.07, 6.45) is 6.34. The zero-order valence-corrected chi connectivity index (χ0v) is 18.0. The van der Waals surface area contributed by atoms with Crippen LogP contribution in [0.25, 0.3) is 16.8 Å². The summed E-state index contributed by atoms with van der Waals surface area (Å²) < 4.78 is 1.90. The van der Waals surface area contributed by atoms with Gasteiger partial charge in [0, 0.05) is 36.4 Å². The van der Waals surface area contributed by atoms with E-state index in [1.807, 2.05) is 45.7 Å². The zero-order valence-electron chi connectivity index (χ0n) is 16.4. The van der Waals surface area contributed by atoms with Gasteiger partial charge in [-0.1, -0.05) is 42.8 Å². The number of thioether (sulfide) groups is 1. The summed E-state index contributed by atoms with van der Waals surface area (Å²) >= 11 is 7.96. The molecule has 3 aromatic rings. The van der Waals surface area contributed by atoms with Gasteiger partial charge < -0.3 is 4.90 Å². The molecule has 1 fully saturated rings. The minimum absolute atomic E-state index is 0.219. The van der Waals surface area contributed by atoms with Crippen LogP contribution in [0.2, 0.25) is 5.02 Å². The van der Waals surface area contributed by atoms with E-state index in [2.05, 4.69) is 48.6 Å². The molecule has 6 heteroatoms. The molecule has 1 aliphatic heterocycles. The van der Waals surface area contributed by atoms with Crippen molar-refractivity contribution in [3.63, 3.8) is 0 Å². The van der Waals surface area contributed by atoms with Gasteiger partial charge in [-0.3, -0.25) is 4.79 Å². The number of aromatic nitrogens is 2. The lowest BCUT2D eigenvalue weighted by atomic mass is 10.1. The number of halogens is 1. The van der Waals surface area contributed by atoms with E-state index >= 15 is 0 Å². The molecule has 1 saturated heterocycles. The number of carbonyl (C=O) groups is 1. The number of hydrogen-bond acceptors (Lipinski definition) is 3. The van der Waals surface area contributed by atoms with E-state index in [0.29, 0.717) is 6.42 Å². The summed E-state index contributed by atoms with van der Waals surface area (Å²) in [5.74, 6) is 1.28. The molecule has 0 N–H and O–H groups in total. The lowest BCUT2D eigenvalue weighted by molar-refractivity contribution is -0.131. The Labute approximate surface area is 180 Å². The standard InChI is InChI=1S/C23H24ClN3OS/c1-2-4-22(28)26-11-12-29-23(26)13-17-15-25-27(16-17)21-9-7-18(8-10-21)19-5-3-6-20(24)14-19/h3,5-10,14-16,23H,2,4,11-13H2,1H3. The molecule has 150 valence electrons. The molecule has 4 rings (SSSR count). The highest BCUT2D eigenvalue weighted by molar-refractivity contribution is 8.00. The smallest absolute Gasteiger partial charge is 0.223 e. The van der Waals surface area contributed by atoms with Crippen molar-refractivity contribution in [2.45, 2.75) is 31.6 Å². The summed E-state index contributed by atoms with van der Waals surface area (Å²) in [6.45, 7) is 2.91. The Balaban J connectivity index is 1.45. The van der Waals surface area contributed by atoms with Crippen LogP contribution in [0.1, 0.15) is 25.3 Å². The fourth-order valence-corrected chi connectivity index (χ4v) is 5.09. The Morgan fingerprint density at radius 2 is 2.03 bits per heavy atom. The van der Waals surface area contributed by atoms with Crippen LogP contribution >= 0.6 is 23.4 Å². The van der Waals surface area contributed by atoms with E-state index < -0.39 is 0 Å². The fourth-order valence-electron chi connectivity index (χ4n) is 3.62. The first-order valence-electron chi connectivity index (χ1n) is 9.95. The predicted molar refractivity (Wildman–Crippen MR) is 121 cm³/mol. The molecule has 1 atom stereocenters. The molecule has 1 aliphatic rings. The van der Waals surface area contributed by atoms with Gasteiger partial charge in [0.25, 0.3) is 0 Å². The number of nitrogens with zero attached hydrogens (tertiary/aromatic N) is 3. The Bertz CT molecular complexity index is 986. The first-order chi connectivity index (χ1) is 14.1. The average molecular weight is 426 g/mol. The number of amides is 1. The molecule has 0 saturated carbocycles. The topological polar surface area (TPSA) is 38.1 Å². The Hall–Kier alpha value is -2.24. The summed E-state index contributed by atoms with van der Waals surface area (Å²) in [5, 5.41) is 5.49. The van der Waals surface area contributed by atoms with Crippen LogP contribution in [0.15, 0.2) is 60.9 Å². The van der Waals surface area contributed by atoms with Crippen LogP contribution in [-0.4, -0.2) is 38.3 Å². The summed E-state index contributed by atoms with van der Waals surface area (Å²) in [5.41, 5.74) is 4.38. The molecule has 29 heavy (non-hydrogen) atoms. The van der Waals surface area contributed by atoms with Crippen molar-refractivity contribution < 1.29 is 4.79 Å². The maximum atomic E-state index is 12.3. The molecular formula is C23H24ClN3OS. The van der Waals surface area contributed by atoms with Gasteiger partial charge >= 0.3 is 0 Å². The van der Waals surface area contributed by atoms with E-state index in [1.165, 1.54) is 0 Å². The molecule has 4 nitrogen and oxygen atoms in total. The van der Waals surface area contributed by atoms with Crippen molar-refractivity contribution >= 4 is 29.3 Å². The van der Waals surface area contributed by atoms with E-state index in [4.69, 9.17) is 11.6 Å². The molecule has 2 heterocycles. The molecule has 0 aliphatic carbocycles. The number of carbonyl (C=O) groups excluding carboxylic acids is 1. The average Bonchev–Trinajstić information content (AvgIpc) is 3.38. The first kappa shape index (κ1) is 20.0. The van der Waals surface area contributed by atoms with Gasteiger partial charge in [0.1, 0.15) is 0 Å². The molecule has 0 spiro atoms. The summed E-state index contributed by atoms with van der Waals surface area (Å²) in [4.78, 5) is 14.4. The van der Waals surface area contributed by atoms with Crippen LogP contribution < -0.4 is 0 Å². The number of hydrogen-bond donors (Lipinski definition) is 0. The minimum Gasteiger partial charge on any atom is -0.330 e. The molecular weight excluding hydrogens is 402 g/mol. The van der Waals surface area contributed by atoms with Crippen molar-refractivity contribution in [2.24, 2.45) is 0 Å². The van der Waals surface area contributed by atoms with Crippen LogP contribution in [-0.2, 0) is 11.2 Å². The van der Waals surface area contributed by atoms with Gasteiger partial charge in [-0.25, -0.2) is 4.68 Å². The van der Waals surface area contributed by atoms with Gasteiger partial charge in [-0.05, 0) is 47.4 Å². The molecule has 2 aromatic carbocycles. The lowest BCUT2D eigenvalue weighted by Crippen LogP contribution is -2.35. The third kappa shape index (κ3) is 4.68. The SMILES string of the molecule is CCCC(=O)N1CCSC1Cc1cnn(-c2ccc(-c3cccc(Cl)c3)cc2)c1. The number of rotatable bonds is 6. The van der Waals surface area contributed by atoms with Crippen molar-refractivity contribution in [3.8, 4) is 16.8 Å². The Morgan fingerprint density at radius 1 is 1.21 bits per heavy atom. The summed E-state index contributed by atoms with van der Waals surface area (Å²) in [6, 6.07) is 16.2. The van der Waals surface area contributed by atoms with Crippen molar-refractivity contribution in [2.75, 3.05) is 12.3 Å². The maximum absolute atomic E-state index is 12.3. The van der Waals surface area contributed by atoms with Crippen LogP contribution in [0.4, 0.5) is 0 Å². The third-order valence-corrected chi connectivity index (χ3v) is 6.57. The zero-order chi connectivity index (χ0) is 20.2. The van der Waals surface area contributed by atoms with Gasteiger partial charge in [-0.15, -0.1) is 11.8 Å². The van der Waals surface area contributed by atoms with E-state index in [9.17, 15) is 4.79 Å². The highest BCUT2D eigenvalue weighted by Crippen LogP contribution is 2.28. The number of benzene rings is 2. The van der Waals surface area contributed by atoms with Crippen LogP contribution in [0.3, 0.4) is 0 Å². The van der Waals surface area contributed by atoms with Gasteiger partial charge in [0.15, 0.2) is 0 Å². The molecule has 1 unspecified atom stereocenters. The second-order valence-electron chi connectivity index (χ2n) is 7.22. The highest BCUT2D eigenvalue weighted by Gasteiger charge is 2.29. The molecule has 0 bridgehead atoms. The second kappa shape index (κ2) is 9.06. The Morgan fingerprint density at radius 3 is 2.79 bits per heavy atom. The van der Waals surface area contributed by atoms with Crippen molar-refractivity contribution in [1.82, 2.24) is 14.7 Å². The Kier molecular flexibility index (Phi) is 6.26. The predicted octanol–water partition coefficient (Wildman–Crippen LogP) is 5.44. The summed E-state index contributed by atoms with van der Waals surface area (Å²) in [7, 11) is 0. The maximum Gasteiger partial charge on any atom is 0.223 e. The van der Waals surface area contributed by atoms with Crippen molar-refractivity contribution in [1.29, 1.82) is 0 Å². The largest absolute Gasteiger partial charge is 0.330 e. The third-order valence-electron chi connectivity index (χ3n) is 5.11. The minimum atomic E-state index is 0.219. The normalized spacial score (nSPS) is 16.3.